The number of aromatic nitrogens is 2. The molecule has 1 aromatic heterocycles. The molecule has 2 N–H and O–H groups in total. The Labute approximate surface area is 176 Å². The van der Waals surface area contributed by atoms with Gasteiger partial charge in [-0.25, -0.2) is 14.3 Å². The van der Waals surface area contributed by atoms with E-state index in [0.717, 1.165) is 0 Å². The molecule has 9 heteroatoms. The van der Waals surface area contributed by atoms with Crippen molar-refractivity contribution in [2.75, 3.05) is 12.4 Å². The number of amides is 1. The molecule has 3 rings (SSSR count). The summed E-state index contributed by atoms with van der Waals surface area (Å²) in [5.74, 6) is -1.83. The van der Waals surface area contributed by atoms with Crippen LogP contribution in [0.4, 0.5) is 5.69 Å². The van der Waals surface area contributed by atoms with E-state index >= 15 is 0 Å². The first-order valence-electron chi connectivity index (χ1n) is 9.27. The van der Waals surface area contributed by atoms with E-state index in [4.69, 9.17) is 4.74 Å². The summed E-state index contributed by atoms with van der Waals surface area (Å²) in [4.78, 5) is 46.6. The summed E-state index contributed by atoms with van der Waals surface area (Å²) in [5.41, 5.74) is 1.92. The lowest BCUT2D eigenvalue weighted by Crippen LogP contribution is -2.25. The number of aryl methyl sites for hydroxylation is 1. The first-order chi connectivity index (χ1) is 14.9. The molecule has 0 bridgehead atoms. The monoisotopic (exact) mass is 421 g/mol. The molecular weight excluding hydrogens is 402 g/mol. The molecule has 0 aliphatic rings. The molecule has 31 heavy (non-hydrogen) atoms. The van der Waals surface area contributed by atoms with Crippen LogP contribution in [0.1, 0.15) is 27.6 Å². The quantitative estimate of drug-likeness (QED) is 0.443. The Morgan fingerprint density at radius 1 is 1.10 bits per heavy atom. The predicted molar refractivity (Wildman–Crippen MR) is 113 cm³/mol. The number of carbonyl (C=O) groups excluding carboxylic acids is 2. The van der Waals surface area contributed by atoms with Crippen molar-refractivity contribution in [3.63, 3.8) is 0 Å². The molecule has 0 unspecified atom stereocenters. The lowest BCUT2D eigenvalue weighted by atomic mass is 9.97. The number of hydrogen-bond donors (Lipinski definition) is 2. The van der Waals surface area contributed by atoms with Crippen molar-refractivity contribution in [2.24, 2.45) is 0 Å². The van der Waals surface area contributed by atoms with Crippen molar-refractivity contribution in [3.8, 4) is 22.4 Å². The molecule has 0 saturated heterocycles. The number of nitrogens with one attached hydrogen (secondary N) is 1. The van der Waals surface area contributed by atoms with Gasteiger partial charge in [0.15, 0.2) is 0 Å². The van der Waals surface area contributed by atoms with Gasteiger partial charge >= 0.3 is 11.9 Å². The lowest BCUT2D eigenvalue weighted by Gasteiger charge is -2.11. The molecule has 0 spiro atoms. The van der Waals surface area contributed by atoms with Gasteiger partial charge in [0.1, 0.15) is 5.69 Å². The molecule has 0 atom stereocenters. The fraction of sp³-hybridized carbons (Fsp3) is 0.136. The summed E-state index contributed by atoms with van der Waals surface area (Å²) in [7, 11) is 1.22. The number of carboxylic acids is 1. The number of benzene rings is 2. The number of ether oxygens (including phenoxy) is 1. The fourth-order valence-electron chi connectivity index (χ4n) is 3.08. The number of nitrogens with zero attached hydrogens (tertiary/aromatic N) is 2. The van der Waals surface area contributed by atoms with Crippen LogP contribution in [-0.4, -0.2) is 40.3 Å². The van der Waals surface area contributed by atoms with Crippen LogP contribution >= 0.6 is 0 Å². The second-order valence-electron chi connectivity index (χ2n) is 6.50. The number of rotatable bonds is 7. The Morgan fingerprint density at radius 2 is 1.81 bits per heavy atom. The highest BCUT2D eigenvalue weighted by Crippen LogP contribution is 2.28. The maximum atomic E-state index is 12.3. The van der Waals surface area contributed by atoms with Gasteiger partial charge in [0.25, 0.3) is 5.56 Å². The Bertz CT molecular complexity index is 1230. The second-order valence-corrected chi connectivity index (χ2v) is 6.50. The van der Waals surface area contributed by atoms with Crippen molar-refractivity contribution in [1.29, 1.82) is 0 Å². The smallest absolute Gasteiger partial charge is 0.337 e. The second kappa shape index (κ2) is 9.04. The number of esters is 1. The van der Waals surface area contributed by atoms with Gasteiger partial charge in [-0.1, -0.05) is 18.2 Å². The van der Waals surface area contributed by atoms with Crippen LogP contribution in [0.25, 0.3) is 22.4 Å². The standard InChI is InChI=1S/C22H19N3O6/c1-3-25-20(27)19(23-12-26)11-18(24-25)14-6-4-5-13(7-14)15-8-16(21(28)29)10-17(9-15)22(30)31-2/h4-12H,3H2,1-2H3,(H,23,26)(H,28,29). The number of aromatic carboxylic acids is 1. The number of anilines is 1. The minimum Gasteiger partial charge on any atom is -0.478 e. The van der Waals surface area contributed by atoms with E-state index < -0.39 is 17.5 Å². The van der Waals surface area contributed by atoms with E-state index in [-0.39, 0.29) is 16.8 Å². The molecule has 9 nitrogen and oxygen atoms in total. The number of carboxylic acid groups (broad SMARTS) is 1. The van der Waals surface area contributed by atoms with E-state index in [9.17, 15) is 24.3 Å². The minimum absolute atomic E-state index is 0.0570. The van der Waals surface area contributed by atoms with E-state index in [0.29, 0.717) is 35.3 Å². The largest absolute Gasteiger partial charge is 0.478 e. The van der Waals surface area contributed by atoms with Gasteiger partial charge in [-0.2, -0.15) is 5.10 Å². The highest BCUT2D eigenvalue weighted by Gasteiger charge is 2.15. The fourth-order valence-corrected chi connectivity index (χ4v) is 3.08. The molecule has 0 saturated carbocycles. The third-order valence-electron chi connectivity index (χ3n) is 4.58. The zero-order valence-electron chi connectivity index (χ0n) is 16.8. The first kappa shape index (κ1) is 21.4. The summed E-state index contributed by atoms with van der Waals surface area (Å²) < 4.78 is 5.95. The van der Waals surface area contributed by atoms with Crippen molar-refractivity contribution in [3.05, 3.63) is 70.0 Å². The summed E-state index contributed by atoms with van der Waals surface area (Å²) in [6, 6.07) is 12.7. The Morgan fingerprint density at radius 3 is 2.45 bits per heavy atom. The summed E-state index contributed by atoms with van der Waals surface area (Å²) in [5, 5.41) is 16.1. The molecule has 3 aromatic rings. The summed E-state index contributed by atoms with van der Waals surface area (Å²) in [6.07, 6.45) is 0.419. The SMILES string of the molecule is CCn1nc(-c2cccc(-c3cc(C(=O)O)cc(C(=O)OC)c3)c2)cc(NC=O)c1=O. The summed E-state index contributed by atoms with van der Waals surface area (Å²) >= 11 is 0. The average Bonchev–Trinajstić information content (AvgIpc) is 2.79. The van der Waals surface area contributed by atoms with E-state index in [1.807, 2.05) is 0 Å². The summed E-state index contributed by atoms with van der Waals surface area (Å²) in [6.45, 7) is 2.06. The zero-order chi connectivity index (χ0) is 22.5. The van der Waals surface area contributed by atoms with Gasteiger partial charge in [0.2, 0.25) is 6.41 Å². The minimum atomic E-state index is -1.18. The lowest BCUT2D eigenvalue weighted by molar-refractivity contribution is -0.105. The van der Waals surface area contributed by atoms with Crippen LogP contribution in [0.2, 0.25) is 0 Å². The number of methoxy groups -OCH3 is 1. The van der Waals surface area contributed by atoms with Crippen molar-refractivity contribution in [2.45, 2.75) is 13.5 Å². The Hall–Kier alpha value is -4.27. The normalized spacial score (nSPS) is 10.4. The van der Waals surface area contributed by atoms with Crippen LogP contribution in [0.5, 0.6) is 0 Å². The topological polar surface area (TPSA) is 128 Å². The maximum absolute atomic E-state index is 12.3. The molecule has 1 amide bonds. The molecular formula is C22H19N3O6. The number of carbonyl (C=O) groups is 3. The van der Waals surface area contributed by atoms with E-state index in [1.54, 1.807) is 31.2 Å². The van der Waals surface area contributed by atoms with Gasteiger partial charge in [0, 0.05) is 12.1 Å². The van der Waals surface area contributed by atoms with Gasteiger partial charge in [0.05, 0.1) is 23.9 Å². The average molecular weight is 421 g/mol. The highest BCUT2D eigenvalue weighted by atomic mass is 16.5. The first-order valence-corrected chi connectivity index (χ1v) is 9.27. The van der Waals surface area contributed by atoms with Crippen LogP contribution in [0.3, 0.4) is 0 Å². The van der Waals surface area contributed by atoms with Crippen LogP contribution < -0.4 is 10.9 Å². The maximum Gasteiger partial charge on any atom is 0.337 e. The van der Waals surface area contributed by atoms with Gasteiger partial charge in [-0.3, -0.25) is 9.59 Å². The third-order valence-corrected chi connectivity index (χ3v) is 4.58. The van der Waals surface area contributed by atoms with E-state index in [1.165, 1.54) is 36.1 Å². The molecule has 0 aliphatic heterocycles. The molecule has 158 valence electrons. The van der Waals surface area contributed by atoms with Crippen molar-refractivity contribution in [1.82, 2.24) is 9.78 Å². The molecule has 1 heterocycles. The van der Waals surface area contributed by atoms with E-state index in [2.05, 4.69) is 10.4 Å². The number of hydrogen-bond acceptors (Lipinski definition) is 6. The van der Waals surface area contributed by atoms with Gasteiger partial charge in [-0.05, 0) is 48.4 Å². The van der Waals surface area contributed by atoms with Crippen molar-refractivity contribution >= 4 is 24.0 Å². The Balaban J connectivity index is 2.15. The van der Waals surface area contributed by atoms with Gasteiger partial charge < -0.3 is 15.2 Å². The molecule has 0 radical (unpaired) electrons. The van der Waals surface area contributed by atoms with Crippen LogP contribution in [0.15, 0.2) is 53.3 Å². The molecule has 0 aliphatic carbocycles. The zero-order valence-corrected chi connectivity index (χ0v) is 16.8. The predicted octanol–water partition coefficient (Wildman–Crippen LogP) is 2.65. The van der Waals surface area contributed by atoms with Crippen molar-refractivity contribution < 1.29 is 24.2 Å². The Kier molecular flexibility index (Phi) is 6.25. The van der Waals surface area contributed by atoms with Gasteiger partial charge in [-0.15, -0.1) is 0 Å². The van der Waals surface area contributed by atoms with Crippen LogP contribution in [0, 0.1) is 0 Å². The highest BCUT2D eigenvalue weighted by molar-refractivity contribution is 5.97. The molecule has 0 fully saturated rings. The van der Waals surface area contributed by atoms with Crippen LogP contribution in [-0.2, 0) is 16.1 Å². The third kappa shape index (κ3) is 4.50. The molecule has 2 aromatic carbocycles.